The van der Waals surface area contributed by atoms with Crippen molar-refractivity contribution < 1.29 is 4.57 Å². The summed E-state index contributed by atoms with van der Waals surface area (Å²) in [4.78, 5) is 0. The molecule has 0 fully saturated rings. The Hall–Kier alpha value is -0.500. The zero-order chi connectivity index (χ0) is 8.27. The standard InChI is InChI=1S/C9H13NS/c1-3-9-4-5-10(7-11)6-8(9)2/h4-6H,3,7H2,1-2H3/p+1. The molecule has 0 saturated carbocycles. The molecular formula is C9H14NS+. The lowest BCUT2D eigenvalue weighted by Crippen LogP contribution is -2.30. The van der Waals surface area contributed by atoms with E-state index in [-0.39, 0.29) is 0 Å². The fraction of sp³-hybridized carbons (Fsp3) is 0.444. The van der Waals surface area contributed by atoms with Crippen molar-refractivity contribution in [2.75, 3.05) is 0 Å². The van der Waals surface area contributed by atoms with Crippen molar-refractivity contribution in [3.05, 3.63) is 29.6 Å². The van der Waals surface area contributed by atoms with Crippen molar-refractivity contribution in [3.63, 3.8) is 0 Å². The Morgan fingerprint density at radius 3 is 2.73 bits per heavy atom. The summed E-state index contributed by atoms with van der Waals surface area (Å²) < 4.78 is 2.07. The monoisotopic (exact) mass is 168 g/mol. The van der Waals surface area contributed by atoms with Gasteiger partial charge in [-0.3, -0.25) is 0 Å². The highest BCUT2D eigenvalue weighted by Crippen LogP contribution is 2.03. The van der Waals surface area contributed by atoms with Gasteiger partial charge < -0.3 is 0 Å². The number of thiol groups is 1. The molecule has 60 valence electrons. The predicted octanol–water partition coefficient (Wildman–Crippen LogP) is 1.73. The Bertz CT molecular complexity index is 245. The molecule has 1 heterocycles. The second-order valence-electron chi connectivity index (χ2n) is 2.66. The summed E-state index contributed by atoms with van der Waals surface area (Å²) in [5.74, 6) is 0.755. The van der Waals surface area contributed by atoms with Crippen molar-refractivity contribution in [2.45, 2.75) is 26.1 Å². The van der Waals surface area contributed by atoms with Gasteiger partial charge in [0.05, 0.1) is 0 Å². The first-order valence-electron chi connectivity index (χ1n) is 3.87. The van der Waals surface area contributed by atoms with Crippen LogP contribution >= 0.6 is 12.6 Å². The van der Waals surface area contributed by atoms with Gasteiger partial charge >= 0.3 is 0 Å². The van der Waals surface area contributed by atoms with Crippen LogP contribution in [0.3, 0.4) is 0 Å². The normalized spacial score (nSPS) is 10.1. The van der Waals surface area contributed by atoms with Crippen molar-refractivity contribution in [3.8, 4) is 0 Å². The molecule has 0 radical (unpaired) electrons. The van der Waals surface area contributed by atoms with Crippen LogP contribution in [0.1, 0.15) is 18.1 Å². The number of rotatable bonds is 2. The Kier molecular flexibility index (Phi) is 2.94. The molecule has 0 spiro atoms. The van der Waals surface area contributed by atoms with Gasteiger partial charge in [0, 0.05) is 11.6 Å². The summed E-state index contributed by atoms with van der Waals surface area (Å²) in [5.41, 5.74) is 2.77. The van der Waals surface area contributed by atoms with Crippen molar-refractivity contribution in [1.29, 1.82) is 0 Å². The number of aryl methyl sites for hydroxylation is 2. The van der Waals surface area contributed by atoms with E-state index in [1.807, 2.05) is 0 Å². The average Bonchev–Trinajstić information content (AvgIpc) is 2.04. The Morgan fingerprint density at radius 2 is 2.27 bits per heavy atom. The highest BCUT2D eigenvalue weighted by molar-refractivity contribution is 7.78. The molecule has 0 aliphatic heterocycles. The molecule has 1 aromatic heterocycles. The van der Waals surface area contributed by atoms with Crippen LogP contribution < -0.4 is 4.57 Å². The molecule has 0 saturated heterocycles. The maximum absolute atomic E-state index is 4.18. The molecule has 1 rings (SSSR count). The number of hydrogen-bond acceptors (Lipinski definition) is 1. The molecule has 11 heavy (non-hydrogen) atoms. The summed E-state index contributed by atoms with van der Waals surface area (Å²) in [5, 5.41) is 0. The fourth-order valence-corrected chi connectivity index (χ4v) is 1.35. The smallest absolute Gasteiger partial charge is 0.191 e. The Balaban J connectivity index is 2.99. The Labute approximate surface area is 73.5 Å². The van der Waals surface area contributed by atoms with Gasteiger partial charge in [0.2, 0.25) is 0 Å². The van der Waals surface area contributed by atoms with Crippen LogP contribution in [0.25, 0.3) is 0 Å². The molecular weight excluding hydrogens is 154 g/mol. The average molecular weight is 168 g/mol. The van der Waals surface area contributed by atoms with Crippen LogP contribution in [-0.2, 0) is 12.3 Å². The molecule has 0 amide bonds. The molecule has 2 heteroatoms. The van der Waals surface area contributed by atoms with Gasteiger partial charge in [0.1, 0.15) is 0 Å². The van der Waals surface area contributed by atoms with E-state index in [0.717, 1.165) is 12.3 Å². The van der Waals surface area contributed by atoms with Gasteiger partial charge in [-0.15, -0.1) is 12.6 Å². The maximum Gasteiger partial charge on any atom is 0.191 e. The summed E-state index contributed by atoms with van der Waals surface area (Å²) >= 11 is 4.18. The van der Waals surface area contributed by atoms with Gasteiger partial charge in [-0.05, 0) is 18.9 Å². The molecule has 1 nitrogen and oxygen atoms in total. The van der Waals surface area contributed by atoms with Crippen LogP contribution in [0.5, 0.6) is 0 Å². The second kappa shape index (κ2) is 3.77. The molecule has 0 aliphatic rings. The Morgan fingerprint density at radius 1 is 1.55 bits per heavy atom. The number of pyridine rings is 1. The largest absolute Gasteiger partial charge is 0.195 e. The predicted molar refractivity (Wildman–Crippen MR) is 49.7 cm³/mol. The van der Waals surface area contributed by atoms with Gasteiger partial charge in [0.15, 0.2) is 18.3 Å². The minimum absolute atomic E-state index is 0.755. The van der Waals surface area contributed by atoms with Gasteiger partial charge in [-0.25, -0.2) is 0 Å². The molecule has 0 N–H and O–H groups in total. The van der Waals surface area contributed by atoms with Crippen LogP contribution in [0.15, 0.2) is 18.5 Å². The lowest BCUT2D eigenvalue weighted by atomic mass is 10.1. The van der Waals surface area contributed by atoms with E-state index in [4.69, 9.17) is 0 Å². The van der Waals surface area contributed by atoms with Crippen LogP contribution in [0, 0.1) is 6.92 Å². The molecule has 0 aromatic carbocycles. The minimum atomic E-state index is 0.755. The first-order chi connectivity index (χ1) is 5.27. The molecule has 0 bridgehead atoms. The van der Waals surface area contributed by atoms with E-state index in [1.165, 1.54) is 11.1 Å². The SMILES string of the molecule is CCc1cc[n+](CS)cc1C. The van der Waals surface area contributed by atoms with Crippen molar-refractivity contribution >= 4 is 12.6 Å². The third-order valence-corrected chi connectivity index (χ3v) is 2.20. The van der Waals surface area contributed by atoms with Crippen LogP contribution in [0.4, 0.5) is 0 Å². The number of aromatic nitrogens is 1. The van der Waals surface area contributed by atoms with E-state index >= 15 is 0 Å². The summed E-state index contributed by atoms with van der Waals surface area (Å²) in [6.45, 7) is 4.31. The third kappa shape index (κ3) is 1.96. The minimum Gasteiger partial charge on any atom is -0.195 e. The van der Waals surface area contributed by atoms with Crippen molar-refractivity contribution in [2.24, 2.45) is 0 Å². The lowest BCUT2D eigenvalue weighted by molar-refractivity contribution is -0.675. The highest BCUT2D eigenvalue weighted by Gasteiger charge is 2.01. The summed E-state index contributed by atoms with van der Waals surface area (Å²) in [7, 11) is 0. The highest BCUT2D eigenvalue weighted by atomic mass is 32.1. The van der Waals surface area contributed by atoms with Gasteiger partial charge in [-0.2, -0.15) is 4.57 Å². The number of nitrogens with zero attached hydrogens (tertiary/aromatic N) is 1. The zero-order valence-corrected chi connectivity index (χ0v) is 7.94. The topological polar surface area (TPSA) is 3.88 Å². The van der Waals surface area contributed by atoms with Gasteiger partial charge in [-0.1, -0.05) is 6.92 Å². The summed E-state index contributed by atoms with van der Waals surface area (Å²) in [6.07, 6.45) is 5.31. The van der Waals surface area contributed by atoms with Crippen LogP contribution in [0.2, 0.25) is 0 Å². The second-order valence-corrected chi connectivity index (χ2v) is 2.95. The number of hydrogen-bond donors (Lipinski definition) is 1. The van der Waals surface area contributed by atoms with Crippen molar-refractivity contribution in [1.82, 2.24) is 0 Å². The van der Waals surface area contributed by atoms with E-state index in [2.05, 4.69) is 49.5 Å². The summed E-state index contributed by atoms with van der Waals surface area (Å²) in [6, 6.07) is 2.16. The third-order valence-electron chi connectivity index (χ3n) is 1.88. The quantitative estimate of drug-likeness (QED) is 0.506. The first kappa shape index (κ1) is 8.60. The lowest BCUT2D eigenvalue weighted by Gasteiger charge is -1.99. The van der Waals surface area contributed by atoms with E-state index < -0.39 is 0 Å². The van der Waals surface area contributed by atoms with E-state index in [1.54, 1.807) is 0 Å². The van der Waals surface area contributed by atoms with E-state index in [9.17, 15) is 0 Å². The first-order valence-corrected chi connectivity index (χ1v) is 4.50. The van der Waals surface area contributed by atoms with E-state index in [0.29, 0.717) is 0 Å². The van der Waals surface area contributed by atoms with Gasteiger partial charge in [0.25, 0.3) is 0 Å². The molecule has 0 atom stereocenters. The molecule has 0 unspecified atom stereocenters. The van der Waals surface area contributed by atoms with Crippen LogP contribution in [-0.4, -0.2) is 0 Å². The maximum atomic E-state index is 4.18. The zero-order valence-electron chi connectivity index (χ0n) is 7.04. The fourth-order valence-electron chi connectivity index (χ4n) is 1.18. The molecule has 1 aromatic rings. The molecule has 0 aliphatic carbocycles.